The molecule has 35 heavy (non-hydrogen) atoms. The SMILES string of the molecule is CCOC(=O)C1=C(C)N=c2sc(=Cc3cc(I)cc(I)c3O)c(=O)n2C1c1ccc(N(C)C)cc1. The molecule has 0 spiro atoms. The van der Waals surface area contributed by atoms with Gasteiger partial charge >= 0.3 is 5.97 Å². The van der Waals surface area contributed by atoms with E-state index in [0.29, 0.717) is 29.7 Å². The molecular formula is C25H23I2N3O4S. The van der Waals surface area contributed by atoms with Crippen LogP contribution in [0.2, 0.25) is 0 Å². The summed E-state index contributed by atoms with van der Waals surface area (Å²) in [4.78, 5) is 33.8. The maximum atomic E-state index is 13.7. The minimum atomic E-state index is -0.673. The Morgan fingerprint density at radius 3 is 2.57 bits per heavy atom. The number of anilines is 1. The molecular weight excluding hydrogens is 692 g/mol. The fourth-order valence-electron chi connectivity index (χ4n) is 3.90. The van der Waals surface area contributed by atoms with Crippen LogP contribution in [0.15, 0.2) is 57.5 Å². The summed E-state index contributed by atoms with van der Waals surface area (Å²) in [6.07, 6.45) is 1.68. The van der Waals surface area contributed by atoms with Crippen LogP contribution in [0.1, 0.15) is 31.0 Å². The van der Waals surface area contributed by atoms with Crippen LogP contribution in [0.5, 0.6) is 5.75 Å². The van der Waals surface area contributed by atoms with E-state index >= 15 is 0 Å². The molecule has 1 aromatic heterocycles. The normalized spacial score (nSPS) is 15.6. The molecule has 1 N–H and O–H groups in total. The highest BCUT2D eigenvalue weighted by Gasteiger charge is 2.33. The minimum absolute atomic E-state index is 0.121. The molecule has 1 aliphatic rings. The molecule has 0 aliphatic carbocycles. The highest BCUT2D eigenvalue weighted by Crippen LogP contribution is 2.32. The first-order valence-electron chi connectivity index (χ1n) is 10.8. The van der Waals surface area contributed by atoms with Crippen molar-refractivity contribution in [2.45, 2.75) is 19.9 Å². The lowest BCUT2D eigenvalue weighted by atomic mass is 9.95. The third kappa shape index (κ3) is 5.05. The van der Waals surface area contributed by atoms with E-state index in [1.165, 1.54) is 11.3 Å². The Balaban J connectivity index is 1.96. The third-order valence-corrected chi connectivity index (χ3v) is 8.01. The van der Waals surface area contributed by atoms with Crippen LogP contribution in [-0.4, -0.2) is 36.3 Å². The van der Waals surface area contributed by atoms with E-state index in [4.69, 9.17) is 4.74 Å². The van der Waals surface area contributed by atoms with Crippen LogP contribution >= 0.6 is 56.5 Å². The fourth-order valence-corrected chi connectivity index (χ4v) is 6.83. The number of rotatable bonds is 5. The lowest BCUT2D eigenvalue weighted by Crippen LogP contribution is -2.39. The maximum Gasteiger partial charge on any atom is 0.338 e. The van der Waals surface area contributed by atoms with Crippen LogP contribution in [0.3, 0.4) is 0 Å². The number of benzene rings is 2. The Morgan fingerprint density at radius 2 is 1.94 bits per heavy atom. The summed E-state index contributed by atoms with van der Waals surface area (Å²) in [7, 11) is 3.90. The number of thiazole rings is 1. The topological polar surface area (TPSA) is 84.1 Å². The molecule has 0 amide bonds. The largest absolute Gasteiger partial charge is 0.506 e. The van der Waals surface area contributed by atoms with E-state index in [1.54, 1.807) is 24.5 Å². The van der Waals surface area contributed by atoms with Crippen molar-refractivity contribution in [1.29, 1.82) is 0 Å². The number of allylic oxidation sites excluding steroid dienone is 1. The van der Waals surface area contributed by atoms with E-state index < -0.39 is 12.0 Å². The molecule has 1 atom stereocenters. The van der Waals surface area contributed by atoms with Gasteiger partial charge in [0.25, 0.3) is 5.56 Å². The number of carbonyl (C=O) groups excluding carboxylic acids is 1. The van der Waals surface area contributed by atoms with Gasteiger partial charge in [-0.3, -0.25) is 9.36 Å². The Hall–Kier alpha value is -2.19. The molecule has 0 radical (unpaired) electrons. The number of aromatic nitrogens is 1. The van der Waals surface area contributed by atoms with E-state index in [2.05, 4.69) is 50.2 Å². The highest BCUT2D eigenvalue weighted by molar-refractivity contribution is 14.1. The van der Waals surface area contributed by atoms with E-state index in [-0.39, 0.29) is 17.9 Å². The van der Waals surface area contributed by atoms with Crippen LogP contribution in [0, 0.1) is 7.14 Å². The molecule has 4 rings (SSSR count). The summed E-state index contributed by atoms with van der Waals surface area (Å²) in [6.45, 7) is 3.73. The van der Waals surface area contributed by atoms with Crippen LogP contribution in [-0.2, 0) is 9.53 Å². The fraction of sp³-hybridized carbons (Fsp3) is 0.240. The lowest BCUT2D eigenvalue weighted by Gasteiger charge is -2.25. The summed E-state index contributed by atoms with van der Waals surface area (Å²) < 4.78 is 8.97. The van der Waals surface area contributed by atoms with Crippen molar-refractivity contribution in [2.24, 2.45) is 4.99 Å². The zero-order chi connectivity index (χ0) is 25.4. The zero-order valence-electron chi connectivity index (χ0n) is 19.5. The summed E-state index contributed by atoms with van der Waals surface area (Å²) in [5, 5.41) is 10.6. The zero-order valence-corrected chi connectivity index (χ0v) is 24.6. The Bertz CT molecular complexity index is 1520. The number of halogens is 2. The molecule has 3 aromatic rings. The van der Waals surface area contributed by atoms with Crippen molar-refractivity contribution < 1.29 is 14.6 Å². The average Bonchev–Trinajstić information content (AvgIpc) is 3.10. The Morgan fingerprint density at radius 1 is 1.26 bits per heavy atom. The minimum Gasteiger partial charge on any atom is -0.506 e. The van der Waals surface area contributed by atoms with Crippen molar-refractivity contribution in [3.8, 4) is 5.75 Å². The van der Waals surface area contributed by atoms with Crippen LogP contribution < -0.4 is 19.8 Å². The number of esters is 1. The summed E-state index contributed by atoms with van der Waals surface area (Å²) >= 11 is 5.48. The number of nitrogens with zero attached hydrogens (tertiary/aromatic N) is 3. The van der Waals surface area contributed by atoms with Gasteiger partial charge in [0.2, 0.25) is 0 Å². The first-order chi connectivity index (χ1) is 16.6. The standard InChI is InChI=1S/C25H23I2N3O4S/c1-5-34-24(33)20-13(2)28-25-30(21(20)14-6-8-17(9-7-14)29(3)4)23(32)19(35-25)11-15-10-16(26)12-18(27)22(15)31/h6-12,21,31H,5H2,1-4H3. The molecule has 2 heterocycles. The molecule has 0 bridgehead atoms. The Labute approximate surface area is 233 Å². The summed E-state index contributed by atoms with van der Waals surface area (Å²) in [6, 6.07) is 10.8. The number of ether oxygens (including phenoxy) is 1. The number of phenols is 1. The number of hydrogen-bond acceptors (Lipinski definition) is 7. The molecule has 0 fully saturated rings. The van der Waals surface area contributed by atoms with Gasteiger partial charge in [-0.15, -0.1) is 0 Å². The van der Waals surface area contributed by atoms with Crippen molar-refractivity contribution >= 4 is 74.3 Å². The molecule has 10 heteroatoms. The smallest absolute Gasteiger partial charge is 0.338 e. The second-order valence-electron chi connectivity index (χ2n) is 8.11. The van der Waals surface area contributed by atoms with E-state index in [1.807, 2.05) is 55.4 Å². The predicted octanol–water partition coefficient (Wildman–Crippen LogP) is 3.78. The molecule has 1 aliphatic heterocycles. The van der Waals surface area contributed by atoms with Gasteiger partial charge in [-0.25, -0.2) is 9.79 Å². The molecule has 2 aromatic carbocycles. The average molecular weight is 715 g/mol. The van der Waals surface area contributed by atoms with E-state index in [0.717, 1.165) is 14.8 Å². The first-order valence-corrected chi connectivity index (χ1v) is 13.7. The monoisotopic (exact) mass is 715 g/mol. The van der Waals surface area contributed by atoms with Crippen LogP contribution in [0.25, 0.3) is 6.08 Å². The quantitative estimate of drug-likeness (QED) is 0.322. The van der Waals surface area contributed by atoms with Gasteiger partial charge in [-0.1, -0.05) is 23.5 Å². The molecule has 182 valence electrons. The predicted molar refractivity (Wildman–Crippen MR) is 155 cm³/mol. The lowest BCUT2D eigenvalue weighted by molar-refractivity contribution is -0.139. The molecule has 7 nitrogen and oxygen atoms in total. The number of aromatic hydroxyl groups is 1. The first kappa shape index (κ1) is 25.9. The second-order valence-corrected chi connectivity index (χ2v) is 11.5. The molecule has 0 saturated heterocycles. The molecule has 0 saturated carbocycles. The maximum absolute atomic E-state index is 13.7. The second kappa shape index (κ2) is 10.4. The number of carbonyl (C=O) groups is 1. The number of fused-ring (bicyclic) bond motifs is 1. The van der Waals surface area contributed by atoms with Gasteiger partial charge in [0.15, 0.2) is 4.80 Å². The van der Waals surface area contributed by atoms with Crippen molar-refractivity contribution in [3.63, 3.8) is 0 Å². The number of phenolic OH excluding ortho intramolecular Hbond substituents is 1. The highest BCUT2D eigenvalue weighted by atomic mass is 127. The summed E-state index contributed by atoms with van der Waals surface area (Å²) in [5.74, 6) is -0.370. The van der Waals surface area contributed by atoms with Gasteiger partial charge in [0.1, 0.15) is 5.75 Å². The van der Waals surface area contributed by atoms with Gasteiger partial charge in [0.05, 0.1) is 32.0 Å². The van der Waals surface area contributed by atoms with E-state index in [9.17, 15) is 14.7 Å². The van der Waals surface area contributed by atoms with Gasteiger partial charge < -0.3 is 14.7 Å². The Kier molecular flexibility index (Phi) is 7.71. The van der Waals surface area contributed by atoms with Gasteiger partial charge in [-0.05, 0) is 94.9 Å². The summed E-state index contributed by atoms with van der Waals surface area (Å²) in [5.41, 5.74) is 2.92. The van der Waals surface area contributed by atoms with Crippen molar-refractivity contribution in [1.82, 2.24) is 4.57 Å². The third-order valence-electron chi connectivity index (χ3n) is 5.59. The van der Waals surface area contributed by atoms with Gasteiger partial charge in [0, 0.05) is 28.9 Å². The van der Waals surface area contributed by atoms with Crippen LogP contribution in [0.4, 0.5) is 5.69 Å². The van der Waals surface area contributed by atoms with Crippen molar-refractivity contribution in [2.75, 3.05) is 25.6 Å². The van der Waals surface area contributed by atoms with Crippen molar-refractivity contribution in [3.05, 3.63) is 85.6 Å². The number of hydrogen-bond donors (Lipinski definition) is 1. The molecule has 1 unspecified atom stereocenters. The van der Waals surface area contributed by atoms with Gasteiger partial charge in [-0.2, -0.15) is 0 Å².